The fourth-order valence-electron chi connectivity index (χ4n) is 1.42. The van der Waals surface area contributed by atoms with Crippen LogP contribution in [0.25, 0.3) is 10.9 Å². The van der Waals surface area contributed by atoms with Crippen LogP contribution in [0.4, 0.5) is 5.69 Å². The van der Waals surface area contributed by atoms with E-state index in [1.54, 1.807) is 6.20 Å². The maximum atomic E-state index is 11.1. The zero-order valence-electron chi connectivity index (χ0n) is 8.12. The van der Waals surface area contributed by atoms with E-state index in [-0.39, 0.29) is 5.91 Å². The van der Waals surface area contributed by atoms with Gasteiger partial charge in [0.2, 0.25) is 5.91 Å². The number of hydrogen-bond donors (Lipinski definition) is 1. The molecular formula is C11H9BrN2O. The molecule has 0 spiro atoms. The van der Waals surface area contributed by atoms with E-state index in [0.717, 1.165) is 21.1 Å². The van der Waals surface area contributed by atoms with E-state index in [1.165, 1.54) is 6.92 Å². The highest BCUT2D eigenvalue weighted by Gasteiger charge is 2.07. The third-order valence-electron chi connectivity index (χ3n) is 2.03. The summed E-state index contributed by atoms with van der Waals surface area (Å²) in [5.74, 6) is -0.0907. The molecule has 2 rings (SSSR count). The third kappa shape index (κ3) is 1.99. The molecular weight excluding hydrogens is 256 g/mol. The molecule has 0 aliphatic carbocycles. The van der Waals surface area contributed by atoms with E-state index in [1.807, 2.05) is 24.3 Å². The minimum atomic E-state index is -0.0907. The molecule has 0 bridgehead atoms. The van der Waals surface area contributed by atoms with Crippen molar-refractivity contribution in [3.8, 4) is 0 Å². The maximum absolute atomic E-state index is 11.1. The van der Waals surface area contributed by atoms with E-state index in [0.29, 0.717) is 0 Å². The molecule has 0 radical (unpaired) electrons. The van der Waals surface area contributed by atoms with Crippen molar-refractivity contribution in [1.29, 1.82) is 0 Å². The molecule has 4 heteroatoms. The fourth-order valence-corrected chi connectivity index (χ4v) is 1.84. The molecule has 1 N–H and O–H groups in total. The quantitative estimate of drug-likeness (QED) is 0.861. The number of fused-ring (bicyclic) bond motifs is 1. The molecule has 0 aliphatic rings. The molecule has 1 aromatic carbocycles. The minimum absolute atomic E-state index is 0.0907. The van der Waals surface area contributed by atoms with Crippen LogP contribution >= 0.6 is 15.9 Å². The summed E-state index contributed by atoms with van der Waals surface area (Å²) >= 11 is 3.37. The maximum Gasteiger partial charge on any atom is 0.221 e. The monoisotopic (exact) mass is 264 g/mol. The van der Waals surface area contributed by atoms with Gasteiger partial charge in [-0.2, -0.15) is 0 Å². The topological polar surface area (TPSA) is 42.0 Å². The van der Waals surface area contributed by atoms with E-state index < -0.39 is 0 Å². The molecule has 0 saturated heterocycles. The summed E-state index contributed by atoms with van der Waals surface area (Å²) in [6.45, 7) is 1.49. The standard InChI is InChI=1S/C11H9BrN2O/c1-7(15)14-11-8-4-2-3-5-10(8)13-6-9(11)12/h2-6H,1H3,(H,13,14,15). The number of hydrogen-bond acceptors (Lipinski definition) is 2. The van der Waals surface area contributed by atoms with Gasteiger partial charge in [0.05, 0.1) is 15.7 Å². The summed E-state index contributed by atoms with van der Waals surface area (Å²) < 4.78 is 0.788. The lowest BCUT2D eigenvalue weighted by molar-refractivity contribution is -0.114. The lowest BCUT2D eigenvalue weighted by Gasteiger charge is -2.08. The van der Waals surface area contributed by atoms with Crippen molar-refractivity contribution < 1.29 is 4.79 Å². The summed E-state index contributed by atoms with van der Waals surface area (Å²) in [6.07, 6.45) is 1.69. The predicted octanol–water partition coefficient (Wildman–Crippen LogP) is 2.96. The lowest BCUT2D eigenvalue weighted by Crippen LogP contribution is -2.07. The van der Waals surface area contributed by atoms with Crippen LogP contribution in [0.2, 0.25) is 0 Å². The van der Waals surface area contributed by atoms with Gasteiger partial charge in [-0.05, 0) is 22.0 Å². The van der Waals surface area contributed by atoms with Crippen LogP contribution in [0.5, 0.6) is 0 Å². The first-order valence-electron chi connectivity index (χ1n) is 4.49. The first-order valence-corrected chi connectivity index (χ1v) is 5.28. The predicted molar refractivity (Wildman–Crippen MR) is 63.7 cm³/mol. The van der Waals surface area contributed by atoms with Gasteiger partial charge in [-0.1, -0.05) is 18.2 Å². The number of rotatable bonds is 1. The summed E-state index contributed by atoms with van der Waals surface area (Å²) in [5, 5.41) is 3.72. The average Bonchev–Trinajstić information content (AvgIpc) is 2.22. The number of carbonyl (C=O) groups excluding carboxylic acids is 1. The number of benzene rings is 1. The zero-order chi connectivity index (χ0) is 10.8. The van der Waals surface area contributed by atoms with Crippen LogP contribution in [0.3, 0.4) is 0 Å². The summed E-state index contributed by atoms with van der Waals surface area (Å²) in [5.41, 5.74) is 1.64. The van der Waals surface area contributed by atoms with Crippen LogP contribution in [0.15, 0.2) is 34.9 Å². The molecule has 2 aromatic rings. The Kier molecular flexibility index (Phi) is 2.68. The number of anilines is 1. The third-order valence-corrected chi connectivity index (χ3v) is 2.63. The van der Waals surface area contributed by atoms with Crippen LogP contribution in [-0.4, -0.2) is 10.9 Å². The Morgan fingerprint density at radius 3 is 2.87 bits per heavy atom. The van der Waals surface area contributed by atoms with Crippen molar-refractivity contribution in [3.05, 3.63) is 34.9 Å². The molecule has 76 valence electrons. The van der Waals surface area contributed by atoms with Crippen LogP contribution in [0.1, 0.15) is 6.92 Å². The minimum Gasteiger partial charge on any atom is -0.325 e. The van der Waals surface area contributed by atoms with Gasteiger partial charge in [0, 0.05) is 18.5 Å². The van der Waals surface area contributed by atoms with Crippen LogP contribution < -0.4 is 5.32 Å². The molecule has 3 nitrogen and oxygen atoms in total. The molecule has 15 heavy (non-hydrogen) atoms. The Morgan fingerprint density at radius 2 is 2.13 bits per heavy atom. The van der Waals surface area contributed by atoms with E-state index >= 15 is 0 Å². The van der Waals surface area contributed by atoms with Crippen molar-refractivity contribution in [2.75, 3.05) is 5.32 Å². The number of nitrogens with one attached hydrogen (secondary N) is 1. The number of aromatic nitrogens is 1. The molecule has 0 fully saturated rings. The molecule has 1 amide bonds. The van der Waals surface area contributed by atoms with Gasteiger partial charge in [0.25, 0.3) is 0 Å². The normalized spacial score (nSPS) is 10.3. The number of carbonyl (C=O) groups is 1. The summed E-state index contributed by atoms with van der Waals surface area (Å²) in [4.78, 5) is 15.3. The van der Waals surface area contributed by atoms with Gasteiger partial charge in [0.15, 0.2) is 0 Å². The SMILES string of the molecule is CC(=O)Nc1c(Br)cnc2ccccc12. The number of pyridine rings is 1. The highest BCUT2D eigenvalue weighted by Crippen LogP contribution is 2.29. The number of nitrogens with zero attached hydrogens (tertiary/aromatic N) is 1. The fraction of sp³-hybridized carbons (Fsp3) is 0.0909. The van der Waals surface area contributed by atoms with Gasteiger partial charge in [-0.15, -0.1) is 0 Å². The Balaban J connectivity index is 2.68. The van der Waals surface area contributed by atoms with Gasteiger partial charge in [-0.3, -0.25) is 9.78 Å². The smallest absolute Gasteiger partial charge is 0.221 e. The second-order valence-corrected chi connectivity index (χ2v) is 4.03. The second-order valence-electron chi connectivity index (χ2n) is 3.18. The average molecular weight is 265 g/mol. The van der Waals surface area contributed by atoms with Gasteiger partial charge < -0.3 is 5.32 Å². The van der Waals surface area contributed by atoms with Crippen LogP contribution in [-0.2, 0) is 4.79 Å². The molecule has 0 saturated carbocycles. The number of para-hydroxylation sites is 1. The molecule has 0 atom stereocenters. The van der Waals surface area contributed by atoms with E-state index in [4.69, 9.17) is 0 Å². The first-order chi connectivity index (χ1) is 7.18. The largest absolute Gasteiger partial charge is 0.325 e. The van der Waals surface area contributed by atoms with Gasteiger partial charge in [-0.25, -0.2) is 0 Å². The number of amides is 1. The van der Waals surface area contributed by atoms with Gasteiger partial charge in [0.1, 0.15) is 0 Å². The van der Waals surface area contributed by atoms with Gasteiger partial charge >= 0.3 is 0 Å². The molecule has 1 heterocycles. The Morgan fingerprint density at radius 1 is 1.40 bits per heavy atom. The van der Waals surface area contributed by atoms with Crippen molar-refractivity contribution in [2.24, 2.45) is 0 Å². The zero-order valence-corrected chi connectivity index (χ0v) is 9.71. The van der Waals surface area contributed by atoms with Crippen molar-refractivity contribution in [2.45, 2.75) is 6.92 Å². The van der Waals surface area contributed by atoms with Crippen molar-refractivity contribution in [1.82, 2.24) is 4.98 Å². The van der Waals surface area contributed by atoms with Crippen molar-refractivity contribution in [3.63, 3.8) is 0 Å². The molecule has 1 aromatic heterocycles. The lowest BCUT2D eigenvalue weighted by atomic mass is 10.2. The Hall–Kier alpha value is -1.42. The second kappa shape index (κ2) is 3.98. The summed E-state index contributed by atoms with van der Waals surface area (Å²) in [7, 11) is 0. The summed E-state index contributed by atoms with van der Waals surface area (Å²) in [6, 6.07) is 7.67. The number of halogens is 1. The Labute approximate surface area is 95.6 Å². The van der Waals surface area contributed by atoms with E-state index in [2.05, 4.69) is 26.2 Å². The van der Waals surface area contributed by atoms with E-state index in [9.17, 15) is 4.79 Å². The highest BCUT2D eigenvalue weighted by molar-refractivity contribution is 9.10. The molecule has 0 unspecified atom stereocenters. The Bertz CT molecular complexity index is 525. The highest BCUT2D eigenvalue weighted by atomic mass is 79.9. The van der Waals surface area contributed by atoms with Crippen molar-refractivity contribution >= 4 is 38.4 Å². The first kappa shape index (κ1) is 10.1. The molecule has 0 aliphatic heterocycles. The van der Waals surface area contributed by atoms with Crippen LogP contribution in [0, 0.1) is 0 Å².